The van der Waals surface area contributed by atoms with E-state index >= 15 is 0 Å². The van der Waals surface area contributed by atoms with E-state index < -0.39 is 16.5 Å². The fourth-order valence-electron chi connectivity index (χ4n) is 1.78. The summed E-state index contributed by atoms with van der Waals surface area (Å²) in [7, 11) is 0. The van der Waals surface area contributed by atoms with Gasteiger partial charge in [0, 0.05) is 12.1 Å². The van der Waals surface area contributed by atoms with Crippen LogP contribution in [0.3, 0.4) is 0 Å². The number of rotatable bonds is 3. The number of hydrogen-bond donors (Lipinski definition) is 1. The first kappa shape index (κ1) is 13.7. The lowest BCUT2D eigenvalue weighted by atomic mass is 10.2. The van der Waals surface area contributed by atoms with Gasteiger partial charge in [-0.1, -0.05) is 0 Å². The van der Waals surface area contributed by atoms with Crippen molar-refractivity contribution in [2.75, 3.05) is 18.5 Å². The van der Waals surface area contributed by atoms with Crippen LogP contribution in [0.1, 0.15) is 13.8 Å². The predicted molar refractivity (Wildman–Crippen MR) is 66.4 cm³/mol. The fourth-order valence-corrected chi connectivity index (χ4v) is 1.78. The van der Waals surface area contributed by atoms with Crippen molar-refractivity contribution in [1.82, 2.24) is 0 Å². The summed E-state index contributed by atoms with van der Waals surface area (Å²) >= 11 is 0. The summed E-state index contributed by atoms with van der Waals surface area (Å²) in [5, 5.41) is 13.7. The van der Waals surface area contributed by atoms with E-state index in [0.717, 1.165) is 18.2 Å². The maximum atomic E-state index is 13.2. The molecule has 1 saturated heterocycles. The zero-order valence-corrected chi connectivity index (χ0v) is 10.7. The molecule has 0 spiro atoms. The molecule has 1 aliphatic heterocycles. The van der Waals surface area contributed by atoms with E-state index in [0.29, 0.717) is 13.2 Å². The normalized spacial score (nSPS) is 19.1. The number of nitro benzene ring substituents is 1. The summed E-state index contributed by atoms with van der Waals surface area (Å²) in [6.45, 7) is 4.24. The van der Waals surface area contributed by atoms with Crippen LogP contribution in [0, 0.1) is 15.9 Å². The fraction of sp³-hybridized carbons (Fsp3) is 0.500. The Morgan fingerprint density at radius 3 is 2.63 bits per heavy atom. The van der Waals surface area contributed by atoms with Gasteiger partial charge in [0.1, 0.15) is 11.5 Å². The van der Waals surface area contributed by atoms with Crippen LogP contribution in [-0.2, 0) is 9.47 Å². The summed E-state index contributed by atoms with van der Waals surface area (Å²) in [4.78, 5) is 10.3. The highest BCUT2D eigenvalue weighted by Crippen LogP contribution is 2.27. The van der Waals surface area contributed by atoms with Crippen molar-refractivity contribution in [3.8, 4) is 0 Å². The van der Waals surface area contributed by atoms with Crippen LogP contribution >= 0.6 is 0 Å². The molecule has 1 fully saturated rings. The van der Waals surface area contributed by atoms with Gasteiger partial charge in [-0.15, -0.1) is 0 Å². The average molecular weight is 270 g/mol. The number of nitro groups is 1. The molecule has 2 rings (SSSR count). The molecule has 1 heterocycles. The van der Waals surface area contributed by atoms with Crippen LogP contribution in [-0.4, -0.2) is 30.0 Å². The van der Waals surface area contributed by atoms with Crippen molar-refractivity contribution < 1.29 is 18.8 Å². The molecule has 1 aromatic carbocycles. The van der Waals surface area contributed by atoms with Gasteiger partial charge in [-0.05, 0) is 19.9 Å². The summed E-state index contributed by atoms with van der Waals surface area (Å²) < 4.78 is 24.0. The van der Waals surface area contributed by atoms with Gasteiger partial charge in [0.15, 0.2) is 5.79 Å². The maximum absolute atomic E-state index is 13.2. The second-order valence-corrected chi connectivity index (χ2v) is 4.78. The monoisotopic (exact) mass is 270 g/mol. The molecule has 0 aromatic heterocycles. The number of halogens is 1. The molecule has 0 bridgehead atoms. The third-order valence-electron chi connectivity index (χ3n) is 2.78. The molecular weight excluding hydrogens is 255 g/mol. The van der Waals surface area contributed by atoms with Gasteiger partial charge in [0.05, 0.1) is 24.2 Å². The van der Waals surface area contributed by atoms with E-state index in [4.69, 9.17) is 9.47 Å². The Kier molecular flexibility index (Phi) is 3.68. The highest BCUT2D eigenvalue weighted by atomic mass is 19.1. The Balaban J connectivity index is 2.11. The lowest BCUT2D eigenvalue weighted by Crippen LogP contribution is -2.45. The number of hydrogen-bond acceptors (Lipinski definition) is 5. The maximum Gasteiger partial charge on any atom is 0.292 e. The van der Waals surface area contributed by atoms with Crippen LogP contribution in [0.25, 0.3) is 0 Å². The smallest absolute Gasteiger partial charge is 0.292 e. The van der Waals surface area contributed by atoms with Gasteiger partial charge in [-0.2, -0.15) is 0 Å². The van der Waals surface area contributed by atoms with Crippen LogP contribution in [0.5, 0.6) is 0 Å². The molecule has 1 aromatic rings. The third kappa shape index (κ3) is 3.39. The quantitative estimate of drug-likeness (QED) is 0.674. The number of benzene rings is 1. The molecule has 0 saturated carbocycles. The van der Waals surface area contributed by atoms with Gasteiger partial charge in [-0.3, -0.25) is 10.1 Å². The van der Waals surface area contributed by atoms with Crippen LogP contribution < -0.4 is 5.32 Å². The Morgan fingerprint density at radius 2 is 2.05 bits per heavy atom. The first-order valence-electron chi connectivity index (χ1n) is 5.86. The van der Waals surface area contributed by atoms with Crippen molar-refractivity contribution >= 4 is 11.4 Å². The van der Waals surface area contributed by atoms with Gasteiger partial charge < -0.3 is 14.8 Å². The van der Waals surface area contributed by atoms with E-state index in [1.807, 2.05) is 0 Å². The van der Waals surface area contributed by atoms with E-state index in [-0.39, 0.29) is 17.4 Å². The van der Waals surface area contributed by atoms with Crippen molar-refractivity contribution in [2.24, 2.45) is 0 Å². The molecule has 0 atom stereocenters. The van der Waals surface area contributed by atoms with E-state index in [2.05, 4.69) is 5.32 Å². The van der Waals surface area contributed by atoms with Gasteiger partial charge in [-0.25, -0.2) is 4.39 Å². The van der Waals surface area contributed by atoms with Crippen molar-refractivity contribution in [3.63, 3.8) is 0 Å². The van der Waals surface area contributed by atoms with Crippen molar-refractivity contribution in [1.29, 1.82) is 0 Å². The molecule has 0 aliphatic carbocycles. The minimum Gasteiger partial charge on any atom is -0.372 e. The Labute approximate surface area is 109 Å². The summed E-state index contributed by atoms with van der Waals surface area (Å²) in [6, 6.07) is 3.03. The summed E-state index contributed by atoms with van der Waals surface area (Å²) in [5.74, 6) is -1.20. The lowest BCUT2D eigenvalue weighted by molar-refractivity contribution is -0.384. The molecular formula is C12H15FN2O4. The van der Waals surface area contributed by atoms with Crippen LogP contribution in [0.2, 0.25) is 0 Å². The number of ether oxygens (including phenoxy) is 2. The standard InChI is InChI=1S/C12H15FN2O4/c1-12(2)18-6-9(7-19-12)14-10-5-8(13)3-4-11(10)15(16)17/h3-5,9,14H,6-7H2,1-2H3. The van der Waals surface area contributed by atoms with Crippen LogP contribution in [0.15, 0.2) is 18.2 Å². The molecule has 7 heteroatoms. The van der Waals surface area contributed by atoms with E-state index in [9.17, 15) is 14.5 Å². The van der Waals surface area contributed by atoms with E-state index in [1.54, 1.807) is 13.8 Å². The van der Waals surface area contributed by atoms with E-state index in [1.165, 1.54) is 0 Å². The molecule has 19 heavy (non-hydrogen) atoms. The topological polar surface area (TPSA) is 73.6 Å². The zero-order valence-electron chi connectivity index (χ0n) is 10.7. The minimum absolute atomic E-state index is 0.127. The Morgan fingerprint density at radius 1 is 1.42 bits per heavy atom. The third-order valence-corrected chi connectivity index (χ3v) is 2.78. The van der Waals surface area contributed by atoms with Crippen molar-refractivity contribution in [3.05, 3.63) is 34.1 Å². The zero-order chi connectivity index (χ0) is 14.0. The average Bonchev–Trinajstić information content (AvgIpc) is 2.31. The summed E-state index contributed by atoms with van der Waals surface area (Å²) in [5.41, 5.74) is -0.0480. The second kappa shape index (κ2) is 5.10. The first-order chi connectivity index (χ1) is 8.87. The highest BCUT2D eigenvalue weighted by Gasteiger charge is 2.29. The van der Waals surface area contributed by atoms with Gasteiger partial charge in [0.2, 0.25) is 0 Å². The highest BCUT2D eigenvalue weighted by molar-refractivity contribution is 5.61. The number of anilines is 1. The molecule has 0 radical (unpaired) electrons. The SMILES string of the molecule is CC1(C)OCC(Nc2cc(F)ccc2[N+](=O)[O-])CO1. The second-order valence-electron chi connectivity index (χ2n) is 4.78. The number of nitrogens with zero attached hydrogens (tertiary/aromatic N) is 1. The molecule has 0 unspecified atom stereocenters. The molecule has 6 nitrogen and oxygen atoms in total. The first-order valence-corrected chi connectivity index (χ1v) is 5.86. The molecule has 104 valence electrons. The molecule has 1 aliphatic rings. The molecule has 0 amide bonds. The molecule has 1 N–H and O–H groups in total. The lowest BCUT2D eigenvalue weighted by Gasteiger charge is -2.35. The van der Waals surface area contributed by atoms with Gasteiger partial charge >= 0.3 is 0 Å². The van der Waals surface area contributed by atoms with Crippen molar-refractivity contribution in [2.45, 2.75) is 25.7 Å². The Bertz CT molecular complexity index is 483. The van der Waals surface area contributed by atoms with Crippen LogP contribution in [0.4, 0.5) is 15.8 Å². The largest absolute Gasteiger partial charge is 0.372 e. The minimum atomic E-state index is -0.661. The predicted octanol–water partition coefficient (Wildman–Crippen LogP) is 2.30. The Hall–Kier alpha value is -1.73. The van der Waals surface area contributed by atoms with Gasteiger partial charge in [0.25, 0.3) is 5.69 Å². The summed E-state index contributed by atoms with van der Waals surface area (Å²) in [6.07, 6.45) is 0. The number of nitrogens with one attached hydrogen (secondary N) is 1.